The molecule has 0 bridgehead atoms. The summed E-state index contributed by atoms with van der Waals surface area (Å²) in [6, 6.07) is 7.41. The summed E-state index contributed by atoms with van der Waals surface area (Å²) >= 11 is -1.51. The number of fused-ring (bicyclic) bond motifs is 7. The third-order valence-corrected chi connectivity index (χ3v) is 23.8. The second-order valence-corrected chi connectivity index (χ2v) is 24.4. The Labute approximate surface area is 295 Å². The van der Waals surface area contributed by atoms with Crippen LogP contribution in [0, 0.1) is 39.9 Å². The van der Waals surface area contributed by atoms with E-state index in [1.165, 1.54) is 35.7 Å². The van der Waals surface area contributed by atoms with Crippen molar-refractivity contribution in [1.29, 1.82) is 0 Å². The third kappa shape index (κ3) is 5.86. The molecule has 0 aromatic heterocycles. The second kappa shape index (κ2) is 13.3. The Morgan fingerprint density at radius 2 is 1.67 bits per heavy atom. The Morgan fingerprint density at radius 3 is 2.40 bits per heavy atom. The molecule has 2 heterocycles. The average Bonchev–Trinajstić information content (AvgIpc) is 3.45. The first kappa shape index (κ1) is 35.9. The van der Waals surface area contributed by atoms with Gasteiger partial charge >= 0.3 is 280 Å². The van der Waals surface area contributed by atoms with Crippen LogP contribution in [0.25, 0.3) is 0 Å². The van der Waals surface area contributed by atoms with Crippen LogP contribution >= 0.6 is 19.8 Å². The number of benzene rings is 1. The molecular formula is C40H59IN2O5. The molecule has 2 amide bonds. The zero-order chi connectivity index (χ0) is 34.6. The van der Waals surface area contributed by atoms with Gasteiger partial charge in [-0.2, -0.15) is 0 Å². The number of amides is 2. The predicted octanol–water partition coefficient (Wildman–Crippen LogP) is 7.18. The number of alkyl halides is 3. The molecule has 8 heteroatoms. The Balaban J connectivity index is 1.19. The molecule has 48 heavy (non-hydrogen) atoms. The number of hydrogen-bond donors (Lipinski definition) is 4. The number of aliphatic hydroxyl groups is 1. The minimum atomic E-state index is -1.51. The first-order valence-electron chi connectivity index (χ1n) is 18.5. The fourth-order valence-electron chi connectivity index (χ4n) is 11.9. The van der Waals surface area contributed by atoms with E-state index in [9.17, 15) is 19.5 Å². The SMILES string of the molecule is C=C(C)[C@H]1CC[C@]2(C(=O)NCCc3ccccc3C(=O)NCCC(=O)O)CCI3C(CCC4C5(C)CCC(O)C(C)(C)C5CCC43C)C12. The topological polar surface area (TPSA) is 116 Å². The molecule has 5 aliphatic rings. The summed E-state index contributed by atoms with van der Waals surface area (Å²) in [5, 5.41) is 26.1. The van der Waals surface area contributed by atoms with Crippen LogP contribution in [0.15, 0.2) is 36.4 Å². The Kier molecular flexibility index (Phi) is 9.95. The number of allylic oxidation sites excluding steroid dienone is 1. The fraction of sp³-hybridized carbons (Fsp3) is 0.725. The van der Waals surface area contributed by atoms with E-state index in [1.807, 2.05) is 18.2 Å². The quantitative estimate of drug-likeness (QED) is 0.121. The van der Waals surface area contributed by atoms with Crippen molar-refractivity contribution in [1.82, 2.24) is 10.6 Å². The maximum absolute atomic E-state index is 14.5. The third-order valence-electron chi connectivity index (χ3n) is 14.3. The summed E-state index contributed by atoms with van der Waals surface area (Å²) in [4.78, 5) is 38.2. The van der Waals surface area contributed by atoms with Gasteiger partial charge in [0, 0.05) is 0 Å². The van der Waals surface area contributed by atoms with E-state index in [1.54, 1.807) is 6.07 Å². The van der Waals surface area contributed by atoms with Crippen LogP contribution in [0.4, 0.5) is 0 Å². The molecule has 3 saturated carbocycles. The number of carbonyl (C=O) groups is 3. The van der Waals surface area contributed by atoms with Crippen molar-refractivity contribution < 1.29 is 24.6 Å². The van der Waals surface area contributed by atoms with Crippen LogP contribution in [0.5, 0.6) is 0 Å². The molecule has 0 spiro atoms. The number of rotatable bonds is 9. The van der Waals surface area contributed by atoms with E-state index in [2.05, 4.69) is 51.8 Å². The van der Waals surface area contributed by atoms with Crippen molar-refractivity contribution in [2.75, 3.05) is 17.5 Å². The first-order chi connectivity index (χ1) is 22.7. The van der Waals surface area contributed by atoms with E-state index in [4.69, 9.17) is 5.11 Å². The van der Waals surface area contributed by atoms with Crippen LogP contribution in [-0.4, -0.2) is 59.0 Å². The van der Waals surface area contributed by atoms with Gasteiger partial charge in [-0.3, -0.25) is 4.79 Å². The molecule has 4 N–H and O–H groups in total. The average molecular weight is 775 g/mol. The maximum atomic E-state index is 14.5. The van der Waals surface area contributed by atoms with E-state index < -0.39 is 25.8 Å². The predicted molar refractivity (Wildman–Crippen MR) is 199 cm³/mol. The van der Waals surface area contributed by atoms with Crippen LogP contribution in [-0.2, 0) is 16.0 Å². The standard InChI is InChI=1S/C40H59IN2O5/c1-25(2)27-13-20-40(36(48)43-23-16-26-9-7-8-10-28(26)35(47)42-24-17-33(45)46)21-22-41-29(34(27)40)11-12-31-38(5)18-15-32(44)37(3,4)30(38)14-19-39(31,41)6/h7-10,27,29-32,34,44H,1,11-24H2,2-6H3,(H,42,47)(H,43,48)(H,45,46)/t27-,29?,30?,31?,32?,34?,38?,39?,40+/m1/s1. The Hall–Kier alpha value is -1.94. The van der Waals surface area contributed by atoms with Crippen LogP contribution in [0.2, 0.25) is 0 Å². The van der Waals surface area contributed by atoms with Crippen LogP contribution < -0.4 is 10.6 Å². The Morgan fingerprint density at radius 1 is 0.917 bits per heavy atom. The summed E-state index contributed by atoms with van der Waals surface area (Å²) in [7, 11) is 0. The van der Waals surface area contributed by atoms with Gasteiger partial charge in [0.1, 0.15) is 0 Å². The normalized spacial score (nSPS) is 38.8. The number of carbonyl (C=O) groups excluding carboxylic acids is 2. The van der Waals surface area contributed by atoms with E-state index in [0.29, 0.717) is 43.6 Å². The van der Waals surface area contributed by atoms with Gasteiger partial charge in [0.05, 0.1) is 6.42 Å². The molecular weight excluding hydrogens is 715 g/mol. The molecule has 1 aromatic carbocycles. The van der Waals surface area contributed by atoms with E-state index in [0.717, 1.165) is 43.6 Å². The van der Waals surface area contributed by atoms with Gasteiger partial charge in [0.25, 0.3) is 0 Å². The summed E-state index contributed by atoms with van der Waals surface area (Å²) in [5.74, 6) is 1.08. The molecule has 1 aromatic rings. The van der Waals surface area contributed by atoms with E-state index in [-0.39, 0.29) is 47.1 Å². The van der Waals surface area contributed by atoms with Gasteiger partial charge in [-0.15, -0.1) is 0 Å². The van der Waals surface area contributed by atoms with E-state index >= 15 is 0 Å². The molecule has 3 aliphatic carbocycles. The van der Waals surface area contributed by atoms with Crippen molar-refractivity contribution in [3.8, 4) is 0 Å². The van der Waals surface area contributed by atoms with Crippen LogP contribution in [0.3, 0.4) is 0 Å². The monoisotopic (exact) mass is 774 g/mol. The number of halogens is 1. The van der Waals surface area contributed by atoms with Gasteiger partial charge in [-0.25, -0.2) is 0 Å². The van der Waals surface area contributed by atoms with Gasteiger partial charge in [0.2, 0.25) is 0 Å². The number of aliphatic carboxylic acids is 1. The number of hydrogen-bond acceptors (Lipinski definition) is 4. The zero-order valence-electron chi connectivity index (χ0n) is 29.9. The van der Waals surface area contributed by atoms with Crippen molar-refractivity contribution in [3.05, 3.63) is 47.5 Å². The van der Waals surface area contributed by atoms with Crippen molar-refractivity contribution in [3.63, 3.8) is 0 Å². The summed E-state index contributed by atoms with van der Waals surface area (Å²) in [5.41, 5.74) is 2.56. The van der Waals surface area contributed by atoms with Crippen molar-refractivity contribution in [2.24, 2.45) is 39.9 Å². The molecule has 9 atom stereocenters. The summed E-state index contributed by atoms with van der Waals surface area (Å²) < 4.78 is 2.35. The number of carboxylic acid groups (broad SMARTS) is 1. The van der Waals surface area contributed by atoms with Crippen molar-refractivity contribution in [2.45, 2.75) is 119 Å². The number of aliphatic hydroxyl groups excluding tert-OH is 1. The molecule has 7 unspecified atom stereocenters. The molecule has 0 radical (unpaired) electrons. The number of carboxylic acids is 1. The fourth-order valence-corrected chi connectivity index (χ4v) is 23.6. The molecule has 5 fully saturated rings. The molecule has 7 nitrogen and oxygen atoms in total. The van der Waals surface area contributed by atoms with Gasteiger partial charge in [0.15, 0.2) is 0 Å². The van der Waals surface area contributed by atoms with Gasteiger partial charge in [-0.05, 0) is 0 Å². The molecule has 2 aliphatic heterocycles. The van der Waals surface area contributed by atoms with Crippen molar-refractivity contribution >= 4 is 37.6 Å². The summed E-state index contributed by atoms with van der Waals surface area (Å²) in [6.07, 6.45) is 10.3. The molecule has 266 valence electrons. The number of nitrogens with one attached hydrogen (secondary N) is 2. The first-order valence-corrected chi connectivity index (χ1v) is 22.4. The Bertz CT molecular complexity index is 1440. The second-order valence-electron chi connectivity index (χ2n) is 17.0. The van der Waals surface area contributed by atoms with Gasteiger partial charge in [-0.1, -0.05) is 0 Å². The molecule has 2 saturated heterocycles. The van der Waals surface area contributed by atoms with Crippen LogP contribution in [0.1, 0.15) is 115 Å². The zero-order valence-corrected chi connectivity index (χ0v) is 32.0. The van der Waals surface area contributed by atoms with Gasteiger partial charge < -0.3 is 5.11 Å². The molecule has 6 rings (SSSR count). The minimum absolute atomic E-state index is 0.0320. The summed E-state index contributed by atoms with van der Waals surface area (Å²) in [6.45, 7) is 17.2.